The molecule has 0 aromatic carbocycles. The van der Waals surface area contributed by atoms with E-state index in [4.69, 9.17) is 4.74 Å². The van der Waals surface area contributed by atoms with E-state index in [9.17, 15) is 19.8 Å². The van der Waals surface area contributed by atoms with Crippen LogP contribution in [-0.2, 0) is 14.3 Å². The summed E-state index contributed by atoms with van der Waals surface area (Å²) in [6.07, 6.45) is 68.5. The van der Waals surface area contributed by atoms with Crippen molar-refractivity contribution in [2.45, 2.75) is 321 Å². The van der Waals surface area contributed by atoms with E-state index in [1.807, 2.05) is 0 Å². The number of aliphatic hydroxyl groups excluding tert-OH is 2. The first-order valence-electron chi connectivity index (χ1n) is 29.3. The molecule has 0 saturated heterocycles. The molecule has 0 aromatic rings. The number of rotatable bonds is 54. The number of nitrogens with one attached hydrogen (secondary N) is 1. The Labute approximate surface area is 411 Å². The van der Waals surface area contributed by atoms with Crippen LogP contribution in [0.2, 0.25) is 0 Å². The maximum Gasteiger partial charge on any atom is 0.305 e. The molecule has 2 atom stereocenters. The zero-order valence-corrected chi connectivity index (χ0v) is 44.2. The molecule has 2 unspecified atom stereocenters. The fourth-order valence-corrected chi connectivity index (χ4v) is 8.92. The summed E-state index contributed by atoms with van der Waals surface area (Å²) in [6, 6.07) is -0.559. The molecule has 0 radical (unpaired) electrons. The van der Waals surface area contributed by atoms with E-state index < -0.39 is 12.1 Å². The van der Waals surface area contributed by atoms with Crippen LogP contribution in [0.5, 0.6) is 0 Å². The normalized spacial score (nSPS) is 12.8. The van der Waals surface area contributed by atoms with Crippen LogP contribution < -0.4 is 5.32 Å². The van der Waals surface area contributed by atoms with Crippen molar-refractivity contribution in [1.82, 2.24) is 5.32 Å². The van der Waals surface area contributed by atoms with E-state index in [-0.39, 0.29) is 18.5 Å². The number of esters is 1. The molecular formula is C60H113NO5. The molecule has 0 bridgehead atoms. The Hall–Kier alpha value is -1.92. The molecule has 0 aliphatic heterocycles. The molecule has 0 aromatic heterocycles. The van der Waals surface area contributed by atoms with Gasteiger partial charge < -0.3 is 20.3 Å². The van der Waals surface area contributed by atoms with Gasteiger partial charge in [-0.25, -0.2) is 0 Å². The third-order valence-electron chi connectivity index (χ3n) is 13.4. The molecule has 0 rings (SSSR count). The number of hydrogen-bond donors (Lipinski definition) is 3. The first-order chi connectivity index (χ1) is 32.5. The highest BCUT2D eigenvalue weighted by atomic mass is 16.5. The third kappa shape index (κ3) is 51.5. The summed E-state index contributed by atoms with van der Waals surface area (Å²) >= 11 is 0. The fraction of sp³-hybridized carbons (Fsp3) is 0.867. The van der Waals surface area contributed by atoms with Crippen molar-refractivity contribution < 1.29 is 24.5 Å². The van der Waals surface area contributed by atoms with Crippen molar-refractivity contribution in [3.8, 4) is 0 Å². The maximum atomic E-state index is 12.5. The quantitative estimate of drug-likeness (QED) is 0.0244. The van der Waals surface area contributed by atoms with E-state index in [0.717, 1.165) is 77.0 Å². The number of allylic oxidation sites excluding steroid dienone is 6. The van der Waals surface area contributed by atoms with Crippen molar-refractivity contribution in [2.75, 3.05) is 13.2 Å². The number of amides is 1. The van der Waals surface area contributed by atoms with Crippen molar-refractivity contribution in [1.29, 1.82) is 0 Å². The third-order valence-corrected chi connectivity index (χ3v) is 13.4. The minimum Gasteiger partial charge on any atom is -0.466 e. The molecule has 0 heterocycles. The molecule has 0 saturated carbocycles. The average molecular weight is 929 g/mol. The lowest BCUT2D eigenvalue weighted by Gasteiger charge is -2.22. The second-order valence-electron chi connectivity index (χ2n) is 20.0. The summed E-state index contributed by atoms with van der Waals surface area (Å²) in [5.74, 6) is -0.0851. The van der Waals surface area contributed by atoms with Gasteiger partial charge in [0.25, 0.3) is 0 Å². The van der Waals surface area contributed by atoms with E-state index in [1.54, 1.807) is 0 Å². The maximum absolute atomic E-state index is 12.5. The number of unbranched alkanes of at least 4 members (excludes halogenated alkanes) is 38. The topological polar surface area (TPSA) is 95.9 Å². The summed E-state index contributed by atoms with van der Waals surface area (Å²) in [5, 5.41) is 23.3. The van der Waals surface area contributed by atoms with Crippen LogP contribution in [-0.4, -0.2) is 47.4 Å². The van der Waals surface area contributed by atoms with E-state index in [0.29, 0.717) is 25.9 Å². The lowest BCUT2D eigenvalue weighted by molar-refractivity contribution is -0.143. The monoisotopic (exact) mass is 928 g/mol. The van der Waals surface area contributed by atoms with Gasteiger partial charge in [0.1, 0.15) is 0 Å². The van der Waals surface area contributed by atoms with E-state index in [1.165, 1.54) is 199 Å². The van der Waals surface area contributed by atoms with Gasteiger partial charge >= 0.3 is 5.97 Å². The van der Waals surface area contributed by atoms with Gasteiger partial charge in [0.05, 0.1) is 25.4 Å². The Morgan fingerprint density at radius 2 is 0.758 bits per heavy atom. The van der Waals surface area contributed by atoms with Crippen LogP contribution in [0.3, 0.4) is 0 Å². The molecule has 6 heteroatoms. The summed E-state index contributed by atoms with van der Waals surface area (Å²) in [6.45, 7) is 4.90. The number of carbonyl (C=O) groups is 2. The molecule has 3 N–H and O–H groups in total. The summed E-state index contributed by atoms with van der Waals surface area (Å²) in [5.41, 5.74) is 0. The molecule has 0 fully saturated rings. The van der Waals surface area contributed by atoms with Crippen LogP contribution in [0.1, 0.15) is 309 Å². The van der Waals surface area contributed by atoms with E-state index in [2.05, 4.69) is 55.6 Å². The molecule has 6 nitrogen and oxygen atoms in total. The molecule has 0 spiro atoms. The number of ether oxygens (including phenoxy) is 1. The average Bonchev–Trinajstić information content (AvgIpc) is 3.32. The number of hydrogen-bond acceptors (Lipinski definition) is 5. The van der Waals surface area contributed by atoms with Gasteiger partial charge in [0.2, 0.25) is 5.91 Å². The Bertz CT molecular complexity index is 1070. The minimum absolute atomic E-state index is 0.0289. The minimum atomic E-state index is -0.680. The summed E-state index contributed by atoms with van der Waals surface area (Å²) < 4.78 is 5.45. The highest BCUT2D eigenvalue weighted by molar-refractivity contribution is 5.76. The Balaban J connectivity index is 3.52. The fourth-order valence-electron chi connectivity index (χ4n) is 8.92. The Kier molecular flexibility index (Phi) is 54.1. The largest absolute Gasteiger partial charge is 0.466 e. The van der Waals surface area contributed by atoms with Gasteiger partial charge in [-0.05, 0) is 83.5 Å². The molecule has 0 aliphatic carbocycles. The van der Waals surface area contributed by atoms with Crippen molar-refractivity contribution in [3.63, 3.8) is 0 Å². The van der Waals surface area contributed by atoms with Crippen molar-refractivity contribution in [2.24, 2.45) is 0 Å². The predicted molar refractivity (Wildman–Crippen MR) is 287 cm³/mol. The van der Waals surface area contributed by atoms with Crippen LogP contribution >= 0.6 is 0 Å². The predicted octanol–water partition coefficient (Wildman–Crippen LogP) is 18.0. The zero-order valence-electron chi connectivity index (χ0n) is 44.2. The van der Waals surface area contributed by atoms with Gasteiger partial charge in [-0.2, -0.15) is 0 Å². The van der Waals surface area contributed by atoms with Gasteiger partial charge in [0.15, 0.2) is 0 Å². The molecule has 388 valence electrons. The van der Waals surface area contributed by atoms with E-state index >= 15 is 0 Å². The second kappa shape index (κ2) is 55.7. The summed E-state index contributed by atoms with van der Waals surface area (Å²) in [7, 11) is 0. The molecular weight excluding hydrogens is 815 g/mol. The second-order valence-corrected chi connectivity index (χ2v) is 20.0. The standard InChI is InChI=1S/C60H113NO5/c1-3-5-7-9-11-13-15-17-19-21-22-24-28-32-36-40-44-48-52-58(63)57(56-62)61-59(64)53-49-45-41-37-33-29-25-23-27-31-35-39-43-47-51-55-66-60(65)54-50-46-42-38-34-30-26-20-18-16-14-12-10-8-6-4-2/h20,23,26-27,31,35,57-58,62-63H,3-19,21-22,24-25,28-30,32-34,36-56H2,1-2H3,(H,61,64)/b26-20-,27-23-,35-31-. The molecule has 66 heavy (non-hydrogen) atoms. The number of carbonyl (C=O) groups excluding carboxylic acids is 2. The Morgan fingerprint density at radius 1 is 0.424 bits per heavy atom. The van der Waals surface area contributed by atoms with Gasteiger partial charge in [-0.15, -0.1) is 0 Å². The van der Waals surface area contributed by atoms with Crippen LogP contribution in [0.15, 0.2) is 36.5 Å². The van der Waals surface area contributed by atoms with Gasteiger partial charge in [-0.1, -0.05) is 249 Å². The van der Waals surface area contributed by atoms with Crippen LogP contribution in [0, 0.1) is 0 Å². The van der Waals surface area contributed by atoms with Crippen molar-refractivity contribution in [3.05, 3.63) is 36.5 Å². The van der Waals surface area contributed by atoms with Crippen molar-refractivity contribution >= 4 is 11.9 Å². The first-order valence-corrected chi connectivity index (χ1v) is 29.3. The van der Waals surface area contributed by atoms with Gasteiger partial charge in [-0.3, -0.25) is 9.59 Å². The zero-order chi connectivity index (χ0) is 47.9. The first kappa shape index (κ1) is 64.1. The Morgan fingerprint density at radius 3 is 1.17 bits per heavy atom. The van der Waals surface area contributed by atoms with Crippen LogP contribution in [0.25, 0.3) is 0 Å². The molecule has 1 amide bonds. The highest BCUT2D eigenvalue weighted by Gasteiger charge is 2.20. The SMILES string of the molecule is CCCCCCCCC/C=C\CCCCCCCC(=O)OCCCCC/C=C\C=C/CCCCCCCCC(=O)NC(CO)C(O)CCCCCCCCCCCCCCCCCCCC. The van der Waals surface area contributed by atoms with Crippen LogP contribution in [0.4, 0.5) is 0 Å². The van der Waals surface area contributed by atoms with Gasteiger partial charge in [0, 0.05) is 12.8 Å². The lowest BCUT2D eigenvalue weighted by atomic mass is 10.0. The summed E-state index contributed by atoms with van der Waals surface area (Å²) in [4.78, 5) is 24.5. The lowest BCUT2D eigenvalue weighted by Crippen LogP contribution is -2.45. The molecule has 0 aliphatic rings. The highest BCUT2D eigenvalue weighted by Crippen LogP contribution is 2.17. The smallest absolute Gasteiger partial charge is 0.305 e. The number of aliphatic hydroxyl groups is 2.